The minimum atomic E-state index is -0.0860. The molecule has 1 atom stereocenters. The largest absolute Gasteiger partial charge is 0.469 e. The molecule has 0 radical (unpaired) electrons. The molecule has 2 heterocycles. The maximum absolute atomic E-state index is 11.5. The number of aromatic nitrogens is 1. The number of anilines is 1. The van der Waals surface area contributed by atoms with Crippen molar-refractivity contribution in [2.24, 2.45) is 5.92 Å². The van der Waals surface area contributed by atoms with Crippen LogP contribution in [0.25, 0.3) is 0 Å². The molecule has 19 heavy (non-hydrogen) atoms. The summed E-state index contributed by atoms with van der Waals surface area (Å²) >= 11 is 1.69. The van der Waals surface area contributed by atoms with Gasteiger partial charge in [-0.2, -0.15) is 0 Å². The highest BCUT2D eigenvalue weighted by atomic mass is 32.1. The van der Waals surface area contributed by atoms with E-state index in [0.717, 1.165) is 44.2 Å². The average Bonchev–Trinajstić information content (AvgIpc) is 3.05. The smallest absolute Gasteiger partial charge is 0.310 e. The van der Waals surface area contributed by atoms with Gasteiger partial charge in [-0.1, -0.05) is 6.92 Å². The molecule has 0 amide bonds. The van der Waals surface area contributed by atoms with Gasteiger partial charge >= 0.3 is 5.97 Å². The van der Waals surface area contributed by atoms with Crippen molar-refractivity contribution < 1.29 is 9.53 Å². The predicted octanol–water partition coefficient (Wildman–Crippen LogP) is 1.96. The van der Waals surface area contributed by atoms with Gasteiger partial charge in [-0.3, -0.25) is 9.69 Å². The van der Waals surface area contributed by atoms with Crippen molar-refractivity contribution >= 4 is 22.4 Å². The van der Waals surface area contributed by atoms with Crippen LogP contribution in [0.5, 0.6) is 0 Å². The molecule has 1 aromatic rings. The number of ether oxygens (including phenoxy) is 1. The Labute approximate surface area is 118 Å². The Hall–Kier alpha value is -1.14. The summed E-state index contributed by atoms with van der Waals surface area (Å²) in [5, 5.41) is 4.28. The van der Waals surface area contributed by atoms with Crippen LogP contribution in [0.3, 0.4) is 0 Å². The minimum absolute atomic E-state index is 0.0376. The van der Waals surface area contributed by atoms with E-state index in [1.807, 2.05) is 6.20 Å². The van der Waals surface area contributed by atoms with Crippen molar-refractivity contribution in [3.05, 3.63) is 11.1 Å². The average molecular weight is 283 g/mol. The maximum Gasteiger partial charge on any atom is 0.310 e. The molecule has 0 aromatic carbocycles. The van der Waals surface area contributed by atoms with Gasteiger partial charge in [0.2, 0.25) is 0 Å². The first-order chi connectivity index (χ1) is 9.22. The molecule has 1 aliphatic heterocycles. The molecule has 106 valence electrons. The van der Waals surface area contributed by atoms with Crippen molar-refractivity contribution in [1.82, 2.24) is 9.88 Å². The van der Waals surface area contributed by atoms with Gasteiger partial charge in [-0.05, 0) is 19.4 Å². The molecule has 1 aliphatic rings. The van der Waals surface area contributed by atoms with Crippen LogP contribution in [-0.4, -0.2) is 42.6 Å². The highest BCUT2D eigenvalue weighted by Crippen LogP contribution is 2.24. The Balaban J connectivity index is 1.82. The fraction of sp³-hybridized carbons (Fsp3) is 0.692. The fourth-order valence-corrected chi connectivity index (χ4v) is 3.13. The lowest BCUT2D eigenvalue weighted by Gasteiger charge is -2.13. The molecule has 0 spiro atoms. The monoisotopic (exact) mass is 283 g/mol. The number of nitrogens with zero attached hydrogens (tertiary/aromatic N) is 2. The van der Waals surface area contributed by atoms with Crippen LogP contribution in [0.15, 0.2) is 6.20 Å². The lowest BCUT2D eigenvalue weighted by Crippen LogP contribution is -2.23. The first kappa shape index (κ1) is 14.3. The SMILES string of the molecule is CCCNc1ncc(CN2CCC(C(=O)OC)C2)s1. The number of methoxy groups -OCH3 is 1. The van der Waals surface area contributed by atoms with Crippen LogP contribution < -0.4 is 5.32 Å². The van der Waals surface area contributed by atoms with Crippen molar-refractivity contribution in [2.75, 3.05) is 32.1 Å². The lowest BCUT2D eigenvalue weighted by molar-refractivity contribution is -0.144. The molecule has 6 heteroatoms. The first-order valence-electron chi connectivity index (χ1n) is 6.71. The molecular formula is C13H21N3O2S. The van der Waals surface area contributed by atoms with Crippen LogP contribution in [-0.2, 0) is 16.1 Å². The second-order valence-electron chi connectivity index (χ2n) is 4.80. The van der Waals surface area contributed by atoms with E-state index in [2.05, 4.69) is 22.1 Å². The third kappa shape index (κ3) is 3.91. The minimum Gasteiger partial charge on any atom is -0.469 e. The van der Waals surface area contributed by atoms with Crippen LogP contribution >= 0.6 is 11.3 Å². The number of esters is 1. The highest BCUT2D eigenvalue weighted by Gasteiger charge is 2.29. The van der Waals surface area contributed by atoms with E-state index in [1.54, 1.807) is 11.3 Å². The zero-order valence-corrected chi connectivity index (χ0v) is 12.3. The Morgan fingerprint density at radius 2 is 2.53 bits per heavy atom. The summed E-state index contributed by atoms with van der Waals surface area (Å²) in [5.74, 6) is -0.0484. The Morgan fingerprint density at radius 3 is 3.26 bits per heavy atom. The maximum atomic E-state index is 11.5. The summed E-state index contributed by atoms with van der Waals surface area (Å²) in [6.45, 7) is 5.72. The number of carbonyl (C=O) groups excluding carboxylic acids is 1. The van der Waals surface area contributed by atoms with Crippen molar-refractivity contribution in [2.45, 2.75) is 26.3 Å². The van der Waals surface area contributed by atoms with Crippen LogP contribution in [0.2, 0.25) is 0 Å². The topological polar surface area (TPSA) is 54.5 Å². The number of thiazole rings is 1. The number of likely N-dealkylation sites (tertiary alicyclic amines) is 1. The molecule has 1 N–H and O–H groups in total. The van der Waals surface area contributed by atoms with E-state index >= 15 is 0 Å². The molecule has 1 fully saturated rings. The normalized spacial score (nSPS) is 19.6. The highest BCUT2D eigenvalue weighted by molar-refractivity contribution is 7.15. The third-order valence-corrected chi connectivity index (χ3v) is 4.21. The van der Waals surface area contributed by atoms with E-state index in [4.69, 9.17) is 4.74 Å². The van der Waals surface area contributed by atoms with E-state index < -0.39 is 0 Å². The first-order valence-corrected chi connectivity index (χ1v) is 7.53. The third-order valence-electron chi connectivity index (χ3n) is 3.27. The lowest BCUT2D eigenvalue weighted by atomic mass is 10.1. The van der Waals surface area contributed by atoms with Gasteiger partial charge in [-0.15, -0.1) is 11.3 Å². The second-order valence-corrected chi connectivity index (χ2v) is 5.92. The van der Waals surface area contributed by atoms with Gasteiger partial charge in [-0.25, -0.2) is 4.98 Å². The van der Waals surface area contributed by atoms with Gasteiger partial charge in [0, 0.05) is 30.7 Å². The van der Waals surface area contributed by atoms with Crippen LogP contribution in [0, 0.1) is 5.92 Å². The Bertz CT molecular complexity index is 422. The summed E-state index contributed by atoms with van der Waals surface area (Å²) in [5.41, 5.74) is 0. The molecule has 2 rings (SSSR count). The summed E-state index contributed by atoms with van der Waals surface area (Å²) in [6.07, 6.45) is 3.92. The van der Waals surface area contributed by atoms with Crippen molar-refractivity contribution in [1.29, 1.82) is 0 Å². The van der Waals surface area contributed by atoms with Gasteiger partial charge < -0.3 is 10.1 Å². The van der Waals surface area contributed by atoms with Gasteiger partial charge in [0.05, 0.1) is 13.0 Å². The van der Waals surface area contributed by atoms with E-state index in [-0.39, 0.29) is 11.9 Å². The van der Waals surface area contributed by atoms with Gasteiger partial charge in [0.15, 0.2) is 5.13 Å². The summed E-state index contributed by atoms with van der Waals surface area (Å²) < 4.78 is 4.80. The molecule has 5 nitrogen and oxygen atoms in total. The van der Waals surface area contributed by atoms with E-state index in [9.17, 15) is 4.79 Å². The number of carbonyl (C=O) groups is 1. The molecule has 0 aliphatic carbocycles. The molecule has 0 saturated carbocycles. The van der Waals surface area contributed by atoms with Crippen molar-refractivity contribution in [3.63, 3.8) is 0 Å². The summed E-state index contributed by atoms with van der Waals surface area (Å²) in [4.78, 5) is 19.4. The Morgan fingerprint density at radius 1 is 1.68 bits per heavy atom. The van der Waals surface area contributed by atoms with E-state index in [0.29, 0.717) is 0 Å². The van der Waals surface area contributed by atoms with Gasteiger partial charge in [0.1, 0.15) is 0 Å². The van der Waals surface area contributed by atoms with E-state index in [1.165, 1.54) is 12.0 Å². The number of nitrogens with one attached hydrogen (secondary N) is 1. The zero-order chi connectivity index (χ0) is 13.7. The number of hydrogen-bond donors (Lipinski definition) is 1. The van der Waals surface area contributed by atoms with Gasteiger partial charge in [0.25, 0.3) is 0 Å². The zero-order valence-electron chi connectivity index (χ0n) is 11.5. The standard InChI is InChI=1S/C13H21N3O2S/c1-3-5-14-13-15-7-11(19-13)9-16-6-4-10(8-16)12(17)18-2/h7,10H,3-6,8-9H2,1-2H3,(H,14,15). The number of hydrogen-bond acceptors (Lipinski definition) is 6. The summed E-state index contributed by atoms with van der Waals surface area (Å²) in [6, 6.07) is 0. The molecule has 1 aromatic heterocycles. The molecular weight excluding hydrogens is 262 g/mol. The molecule has 1 unspecified atom stereocenters. The van der Waals surface area contributed by atoms with Crippen LogP contribution in [0.1, 0.15) is 24.6 Å². The Kier molecular flexibility index (Phi) is 5.15. The van der Waals surface area contributed by atoms with Crippen molar-refractivity contribution in [3.8, 4) is 0 Å². The quantitative estimate of drug-likeness (QED) is 0.809. The summed E-state index contributed by atoms with van der Waals surface area (Å²) in [7, 11) is 1.46. The fourth-order valence-electron chi connectivity index (χ4n) is 2.25. The predicted molar refractivity (Wildman–Crippen MR) is 76.3 cm³/mol. The number of rotatable bonds is 6. The second kappa shape index (κ2) is 6.86. The van der Waals surface area contributed by atoms with Crippen LogP contribution in [0.4, 0.5) is 5.13 Å². The molecule has 0 bridgehead atoms. The molecule has 1 saturated heterocycles.